The van der Waals surface area contributed by atoms with Crippen LogP contribution in [0.4, 0.5) is 8.78 Å². The Morgan fingerprint density at radius 3 is 2.58 bits per heavy atom. The summed E-state index contributed by atoms with van der Waals surface area (Å²) in [5.74, 6) is -3.38. The minimum absolute atomic E-state index is 0.0317. The number of carbonyl (C=O) groups is 1. The van der Waals surface area contributed by atoms with Crippen LogP contribution >= 0.6 is 0 Å². The minimum Gasteiger partial charge on any atom is -0.394 e. The Balaban J connectivity index is 2.64. The van der Waals surface area contributed by atoms with Crippen molar-refractivity contribution in [2.45, 2.75) is 63.3 Å². The summed E-state index contributed by atoms with van der Waals surface area (Å²) < 4.78 is 32.7. The van der Waals surface area contributed by atoms with E-state index in [4.69, 9.17) is 9.84 Å². The average Bonchev–Trinajstić information content (AvgIpc) is 2.59. The predicted molar refractivity (Wildman–Crippen MR) is 65.0 cm³/mol. The average molecular weight is 280 g/mol. The van der Waals surface area contributed by atoms with E-state index in [1.165, 1.54) is 0 Å². The molecule has 19 heavy (non-hydrogen) atoms. The molecule has 0 aromatic carbocycles. The fourth-order valence-electron chi connectivity index (χ4n) is 2.56. The molecule has 0 bridgehead atoms. The lowest BCUT2D eigenvalue weighted by atomic mass is 9.89. The van der Waals surface area contributed by atoms with Crippen LogP contribution in [0.25, 0.3) is 0 Å². The first-order valence-electron chi connectivity index (χ1n) is 6.73. The number of halogens is 2. The first-order valence-corrected chi connectivity index (χ1v) is 6.73. The maximum absolute atomic E-state index is 13.8. The molecule has 0 aliphatic carbocycles. The maximum Gasteiger partial charge on any atom is 0.301 e. The number of alkyl halides is 2. The van der Waals surface area contributed by atoms with E-state index in [-0.39, 0.29) is 12.3 Å². The van der Waals surface area contributed by atoms with Crippen molar-refractivity contribution in [3.05, 3.63) is 0 Å². The zero-order chi connectivity index (χ0) is 14.5. The summed E-state index contributed by atoms with van der Waals surface area (Å²) in [7, 11) is 0. The molecule has 0 saturated carbocycles. The lowest BCUT2D eigenvalue weighted by Gasteiger charge is -2.24. The van der Waals surface area contributed by atoms with Crippen LogP contribution in [0.2, 0.25) is 0 Å². The molecular formula is C13H22F2O4. The molecule has 1 fully saturated rings. The van der Waals surface area contributed by atoms with Crippen molar-refractivity contribution in [2.24, 2.45) is 5.92 Å². The summed E-state index contributed by atoms with van der Waals surface area (Å²) >= 11 is 0. The normalized spacial score (nSPS) is 31.3. The Labute approximate surface area is 111 Å². The molecule has 6 heteroatoms. The molecule has 4 atom stereocenters. The van der Waals surface area contributed by atoms with Gasteiger partial charge in [0.15, 0.2) is 0 Å². The van der Waals surface area contributed by atoms with E-state index >= 15 is 0 Å². The van der Waals surface area contributed by atoms with Gasteiger partial charge in [-0.25, -0.2) is 8.78 Å². The van der Waals surface area contributed by atoms with Gasteiger partial charge in [0.25, 0.3) is 0 Å². The highest BCUT2D eigenvalue weighted by Gasteiger charge is 2.57. The fourth-order valence-corrected chi connectivity index (χ4v) is 2.56. The van der Waals surface area contributed by atoms with Gasteiger partial charge in [-0.05, 0) is 18.8 Å². The fraction of sp³-hybridized carbons (Fsp3) is 0.923. The van der Waals surface area contributed by atoms with Crippen molar-refractivity contribution >= 4 is 6.29 Å². The number of ether oxygens (including phenoxy) is 1. The molecule has 0 radical (unpaired) electrons. The van der Waals surface area contributed by atoms with Crippen molar-refractivity contribution in [1.29, 1.82) is 0 Å². The maximum atomic E-state index is 13.8. The van der Waals surface area contributed by atoms with Crippen molar-refractivity contribution in [3.8, 4) is 0 Å². The van der Waals surface area contributed by atoms with Gasteiger partial charge in [0, 0.05) is 6.42 Å². The van der Waals surface area contributed by atoms with Gasteiger partial charge in [0.2, 0.25) is 0 Å². The Morgan fingerprint density at radius 2 is 2.11 bits per heavy atom. The van der Waals surface area contributed by atoms with E-state index in [2.05, 4.69) is 0 Å². The van der Waals surface area contributed by atoms with E-state index in [0.717, 1.165) is 19.1 Å². The van der Waals surface area contributed by atoms with E-state index in [0.29, 0.717) is 12.8 Å². The number of aldehydes is 1. The molecule has 0 aromatic rings. The first-order chi connectivity index (χ1) is 8.97. The van der Waals surface area contributed by atoms with E-state index in [9.17, 15) is 18.7 Å². The first kappa shape index (κ1) is 16.5. The molecule has 1 unspecified atom stereocenters. The second-order valence-corrected chi connectivity index (χ2v) is 5.10. The largest absolute Gasteiger partial charge is 0.394 e. The van der Waals surface area contributed by atoms with Crippen molar-refractivity contribution < 1.29 is 28.5 Å². The highest BCUT2D eigenvalue weighted by atomic mass is 19.3. The zero-order valence-corrected chi connectivity index (χ0v) is 11.1. The number of carbonyl (C=O) groups excluding carboxylic acids is 1. The van der Waals surface area contributed by atoms with Gasteiger partial charge < -0.3 is 19.7 Å². The van der Waals surface area contributed by atoms with Crippen LogP contribution in [-0.4, -0.2) is 47.3 Å². The van der Waals surface area contributed by atoms with E-state index < -0.39 is 30.8 Å². The quantitative estimate of drug-likeness (QED) is 0.662. The number of hydrogen-bond acceptors (Lipinski definition) is 4. The van der Waals surface area contributed by atoms with Gasteiger partial charge in [0.05, 0.1) is 6.61 Å². The van der Waals surface area contributed by atoms with Crippen molar-refractivity contribution in [1.82, 2.24) is 0 Å². The Morgan fingerprint density at radius 1 is 1.42 bits per heavy atom. The Hall–Kier alpha value is -0.590. The van der Waals surface area contributed by atoms with Gasteiger partial charge >= 0.3 is 5.92 Å². The highest BCUT2D eigenvalue weighted by Crippen LogP contribution is 2.40. The molecule has 2 N–H and O–H groups in total. The molecule has 0 aromatic heterocycles. The third kappa shape index (κ3) is 3.94. The minimum atomic E-state index is -3.35. The van der Waals surface area contributed by atoms with Crippen LogP contribution in [0.1, 0.15) is 39.0 Å². The third-order valence-electron chi connectivity index (χ3n) is 3.63. The van der Waals surface area contributed by atoms with Crippen LogP contribution in [0.5, 0.6) is 0 Å². The summed E-state index contributed by atoms with van der Waals surface area (Å²) in [6, 6.07) is 0. The second kappa shape index (κ2) is 7.26. The summed E-state index contributed by atoms with van der Waals surface area (Å²) in [4.78, 5) is 10.4. The molecule has 4 nitrogen and oxygen atoms in total. The predicted octanol–water partition coefficient (Wildman–Crippen LogP) is 1.53. The SMILES string of the molecule is CCCC(CCC=O)C[C@@H]1O[C@H](CO)[C@@H](O)C1(F)F. The van der Waals surface area contributed by atoms with Gasteiger partial charge in [-0.15, -0.1) is 0 Å². The highest BCUT2D eigenvalue weighted by molar-refractivity contribution is 5.49. The second-order valence-electron chi connectivity index (χ2n) is 5.10. The van der Waals surface area contributed by atoms with Crippen molar-refractivity contribution in [3.63, 3.8) is 0 Å². The number of hydrogen-bond donors (Lipinski definition) is 2. The van der Waals surface area contributed by atoms with Gasteiger partial charge in [-0.3, -0.25) is 0 Å². The van der Waals surface area contributed by atoms with Gasteiger partial charge in [0.1, 0.15) is 24.6 Å². The summed E-state index contributed by atoms with van der Waals surface area (Å²) in [6.07, 6.45) is -1.23. The molecule has 1 aliphatic rings. The monoisotopic (exact) mass is 280 g/mol. The van der Waals surface area contributed by atoms with Gasteiger partial charge in [-0.1, -0.05) is 19.8 Å². The van der Waals surface area contributed by atoms with Crippen LogP contribution < -0.4 is 0 Å². The smallest absolute Gasteiger partial charge is 0.301 e. The topological polar surface area (TPSA) is 66.8 Å². The van der Waals surface area contributed by atoms with E-state index in [1.54, 1.807) is 0 Å². The number of rotatable bonds is 8. The molecule has 1 saturated heterocycles. The van der Waals surface area contributed by atoms with Crippen LogP contribution in [0, 0.1) is 5.92 Å². The van der Waals surface area contributed by atoms with Crippen molar-refractivity contribution in [2.75, 3.05) is 6.61 Å². The molecule has 0 spiro atoms. The van der Waals surface area contributed by atoms with Crippen LogP contribution in [-0.2, 0) is 9.53 Å². The number of aliphatic hydroxyl groups is 2. The lowest BCUT2D eigenvalue weighted by molar-refractivity contribution is -0.117. The van der Waals surface area contributed by atoms with Gasteiger partial charge in [-0.2, -0.15) is 0 Å². The molecular weight excluding hydrogens is 258 g/mol. The molecule has 1 rings (SSSR count). The van der Waals surface area contributed by atoms with E-state index in [1.807, 2.05) is 6.92 Å². The summed E-state index contributed by atoms with van der Waals surface area (Å²) in [6.45, 7) is 1.33. The van der Waals surface area contributed by atoms with Crippen LogP contribution in [0.3, 0.4) is 0 Å². The molecule has 112 valence electrons. The molecule has 1 heterocycles. The Bertz CT molecular complexity index is 286. The lowest BCUT2D eigenvalue weighted by Crippen LogP contribution is -2.41. The standard InChI is InChI=1S/C13H22F2O4/c1-2-4-9(5-3-6-16)7-11-13(14,15)12(18)10(8-17)19-11/h6,9-12,17-18H,2-5,7-8H2,1H3/t9?,10-,11+,12-/m1/s1. The molecule has 1 aliphatic heterocycles. The summed E-state index contributed by atoms with van der Waals surface area (Å²) in [5, 5.41) is 18.3. The summed E-state index contributed by atoms with van der Waals surface area (Å²) in [5.41, 5.74) is 0. The van der Waals surface area contributed by atoms with Crippen LogP contribution in [0.15, 0.2) is 0 Å². The zero-order valence-electron chi connectivity index (χ0n) is 11.1. The Kier molecular flexibility index (Phi) is 6.29. The molecule has 0 amide bonds. The number of aliphatic hydroxyl groups excluding tert-OH is 2. The third-order valence-corrected chi connectivity index (χ3v) is 3.63.